The number of nitrogens with two attached hydrogens (primary N) is 1. The monoisotopic (exact) mass is 327 g/mol. The van der Waals surface area contributed by atoms with Crippen molar-refractivity contribution in [2.75, 3.05) is 20.8 Å². The molecule has 0 unspecified atom stereocenters. The molecule has 0 atom stereocenters. The molecule has 0 bridgehead atoms. The van der Waals surface area contributed by atoms with E-state index in [0.717, 1.165) is 28.8 Å². The summed E-state index contributed by atoms with van der Waals surface area (Å²) in [6.45, 7) is 0.669. The number of benzene rings is 1. The topological polar surface area (TPSA) is 44.5 Å². The maximum atomic E-state index is 6.11. The lowest BCUT2D eigenvalue weighted by molar-refractivity contribution is 0.286. The van der Waals surface area contributed by atoms with Crippen LogP contribution in [0.15, 0.2) is 16.6 Å². The molecule has 0 aliphatic heterocycles. The predicted molar refractivity (Wildman–Crippen MR) is 81.1 cm³/mol. The smallest absolute Gasteiger partial charge is 0.140 e. The van der Waals surface area contributed by atoms with Gasteiger partial charge in [0.15, 0.2) is 0 Å². The summed E-state index contributed by atoms with van der Waals surface area (Å²) in [7, 11) is 3.37. The Kier molecular flexibility index (Phi) is 4.74. The summed E-state index contributed by atoms with van der Waals surface area (Å²) < 4.78 is 11.8. The van der Waals surface area contributed by atoms with Crippen LogP contribution >= 0.6 is 15.9 Å². The molecule has 0 amide bonds. The summed E-state index contributed by atoms with van der Waals surface area (Å²) in [5.41, 5.74) is 7.38. The minimum absolute atomic E-state index is 0.0540. The van der Waals surface area contributed by atoms with Gasteiger partial charge >= 0.3 is 0 Å². The van der Waals surface area contributed by atoms with Crippen LogP contribution in [-0.4, -0.2) is 20.8 Å². The number of hydrogen-bond donors (Lipinski definition) is 1. The zero-order chi connectivity index (χ0) is 13.9. The van der Waals surface area contributed by atoms with E-state index < -0.39 is 0 Å². The zero-order valence-electron chi connectivity index (χ0n) is 11.7. The maximum Gasteiger partial charge on any atom is 0.140 e. The lowest BCUT2D eigenvalue weighted by Crippen LogP contribution is -2.37. The molecule has 1 saturated carbocycles. The van der Waals surface area contributed by atoms with Gasteiger partial charge < -0.3 is 15.2 Å². The van der Waals surface area contributed by atoms with Crippen LogP contribution in [0.5, 0.6) is 11.5 Å². The molecule has 0 spiro atoms. The molecule has 0 aromatic heterocycles. The van der Waals surface area contributed by atoms with Crippen LogP contribution in [0.3, 0.4) is 0 Å². The van der Waals surface area contributed by atoms with E-state index in [0.29, 0.717) is 6.54 Å². The fraction of sp³-hybridized carbons (Fsp3) is 0.600. The Bertz CT molecular complexity index is 442. The average Bonchev–Trinajstić information content (AvgIpc) is 2.47. The molecule has 1 fully saturated rings. The van der Waals surface area contributed by atoms with Crippen LogP contribution in [-0.2, 0) is 5.41 Å². The van der Waals surface area contributed by atoms with E-state index in [4.69, 9.17) is 15.2 Å². The first kappa shape index (κ1) is 14.7. The van der Waals surface area contributed by atoms with E-state index in [-0.39, 0.29) is 5.41 Å². The molecule has 106 valence electrons. The minimum atomic E-state index is 0.0540. The quantitative estimate of drug-likeness (QED) is 0.918. The van der Waals surface area contributed by atoms with E-state index in [1.54, 1.807) is 14.2 Å². The first-order chi connectivity index (χ1) is 9.18. The molecule has 1 aliphatic carbocycles. The number of ether oxygens (including phenoxy) is 2. The van der Waals surface area contributed by atoms with E-state index in [1.807, 2.05) is 6.07 Å². The van der Waals surface area contributed by atoms with Crippen LogP contribution in [0.2, 0.25) is 0 Å². The first-order valence-electron chi connectivity index (χ1n) is 6.79. The van der Waals surface area contributed by atoms with Gasteiger partial charge in [-0.05, 0) is 34.8 Å². The number of hydrogen-bond acceptors (Lipinski definition) is 3. The second-order valence-electron chi connectivity index (χ2n) is 5.21. The van der Waals surface area contributed by atoms with Crippen molar-refractivity contribution in [3.63, 3.8) is 0 Å². The molecular weight excluding hydrogens is 306 g/mol. The number of rotatable bonds is 4. The maximum absolute atomic E-state index is 6.11. The van der Waals surface area contributed by atoms with Crippen LogP contribution in [0, 0.1) is 0 Å². The molecule has 2 N–H and O–H groups in total. The highest BCUT2D eigenvalue weighted by Crippen LogP contribution is 2.47. The average molecular weight is 328 g/mol. The van der Waals surface area contributed by atoms with E-state index in [2.05, 4.69) is 22.0 Å². The van der Waals surface area contributed by atoms with Crippen LogP contribution < -0.4 is 15.2 Å². The van der Waals surface area contributed by atoms with E-state index in [9.17, 15) is 0 Å². The van der Waals surface area contributed by atoms with Crippen molar-refractivity contribution in [3.05, 3.63) is 22.2 Å². The number of halogens is 1. The Hall–Kier alpha value is -0.740. The third-order valence-corrected chi connectivity index (χ3v) is 5.01. The summed E-state index contributed by atoms with van der Waals surface area (Å²) in [6.07, 6.45) is 6.06. The minimum Gasteiger partial charge on any atom is -0.495 e. The van der Waals surface area contributed by atoms with Crippen molar-refractivity contribution < 1.29 is 9.47 Å². The second-order valence-corrected chi connectivity index (χ2v) is 6.00. The normalized spacial score (nSPS) is 18.1. The Balaban J connectivity index is 2.51. The molecule has 19 heavy (non-hydrogen) atoms. The first-order valence-corrected chi connectivity index (χ1v) is 7.59. The molecule has 0 radical (unpaired) electrons. The van der Waals surface area contributed by atoms with Gasteiger partial charge in [-0.25, -0.2) is 0 Å². The summed E-state index contributed by atoms with van der Waals surface area (Å²) in [4.78, 5) is 0. The highest BCUT2D eigenvalue weighted by Gasteiger charge is 2.36. The van der Waals surface area contributed by atoms with Crippen LogP contribution in [0.4, 0.5) is 0 Å². The summed E-state index contributed by atoms with van der Waals surface area (Å²) in [6, 6.07) is 4.11. The Morgan fingerprint density at radius 1 is 1.16 bits per heavy atom. The van der Waals surface area contributed by atoms with Crippen LogP contribution in [0.1, 0.15) is 37.7 Å². The Labute approximate surface area is 123 Å². The van der Waals surface area contributed by atoms with Crippen LogP contribution in [0.25, 0.3) is 0 Å². The molecule has 4 heteroatoms. The van der Waals surface area contributed by atoms with Crippen molar-refractivity contribution in [1.82, 2.24) is 0 Å². The Morgan fingerprint density at radius 3 is 2.37 bits per heavy atom. The third-order valence-electron chi connectivity index (χ3n) is 4.26. The molecule has 2 rings (SSSR count). The van der Waals surface area contributed by atoms with E-state index in [1.165, 1.54) is 24.8 Å². The largest absolute Gasteiger partial charge is 0.495 e. The summed E-state index contributed by atoms with van der Waals surface area (Å²) >= 11 is 3.58. The molecule has 0 saturated heterocycles. The SMILES string of the molecule is COc1ccc(C2(CN)CCCCC2)c(OC)c1Br. The predicted octanol–water partition coefficient (Wildman–Crippen LogP) is 3.63. The van der Waals surface area contributed by atoms with Gasteiger partial charge in [0.05, 0.1) is 14.2 Å². The van der Waals surface area contributed by atoms with Gasteiger partial charge in [-0.3, -0.25) is 0 Å². The van der Waals surface area contributed by atoms with Gasteiger partial charge in [-0.15, -0.1) is 0 Å². The molecule has 1 aromatic rings. The lowest BCUT2D eigenvalue weighted by Gasteiger charge is -2.38. The molecule has 3 nitrogen and oxygen atoms in total. The van der Waals surface area contributed by atoms with Gasteiger partial charge in [-0.1, -0.05) is 25.3 Å². The van der Waals surface area contributed by atoms with E-state index >= 15 is 0 Å². The highest BCUT2D eigenvalue weighted by molar-refractivity contribution is 9.10. The van der Waals surface area contributed by atoms with Gasteiger partial charge in [0.25, 0.3) is 0 Å². The molecule has 0 heterocycles. The summed E-state index contributed by atoms with van der Waals surface area (Å²) in [5, 5.41) is 0. The Morgan fingerprint density at radius 2 is 1.84 bits per heavy atom. The van der Waals surface area contributed by atoms with Gasteiger partial charge in [0.2, 0.25) is 0 Å². The fourth-order valence-electron chi connectivity index (χ4n) is 3.12. The van der Waals surface area contributed by atoms with Gasteiger partial charge in [-0.2, -0.15) is 0 Å². The van der Waals surface area contributed by atoms with Crippen molar-refractivity contribution in [3.8, 4) is 11.5 Å². The van der Waals surface area contributed by atoms with Crippen molar-refractivity contribution in [2.24, 2.45) is 5.73 Å². The zero-order valence-corrected chi connectivity index (χ0v) is 13.3. The van der Waals surface area contributed by atoms with Crippen molar-refractivity contribution >= 4 is 15.9 Å². The third kappa shape index (κ3) is 2.61. The van der Waals surface area contributed by atoms with Crippen molar-refractivity contribution in [2.45, 2.75) is 37.5 Å². The van der Waals surface area contributed by atoms with Gasteiger partial charge in [0.1, 0.15) is 16.0 Å². The summed E-state index contributed by atoms with van der Waals surface area (Å²) in [5.74, 6) is 1.66. The number of methoxy groups -OCH3 is 2. The molecule has 1 aliphatic rings. The lowest BCUT2D eigenvalue weighted by atomic mass is 9.69. The fourth-order valence-corrected chi connectivity index (χ4v) is 3.79. The van der Waals surface area contributed by atoms with Gasteiger partial charge in [0, 0.05) is 17.5 Å². The molecule has 1 aromatic carbocycles. The standard InChI is InChI=1S/C15H22BrNO2/c1-18-12-7-6-11(14(19-2)13(12)16)15(10-17)8-4-3-5-9-15/h6-7H,3-5,8-10,17H2,1-2H3. The highest BCUT2D eigenvalue weighted by atomic mass is 79.9. The second kappa shape index (κ2) is 6.14. The van der Waals surface area contributed by atoms with Crippen molar-refractivity contribution in [1.29, 1.82) is 0 Å². The molecular formula is C15H22BrNO2.